The van der Waals surface area contributed by atoms with Crippen molar-refractivity contribution in [2.45, 2.75) is 96.1 Å². The quantitative estimate of drug-likeness (QED) is 0.466. The van der Waals surface area contributed by atoms with Crippen molar-refractivity contribution >= 4 is 22.7 Å². The second kappa shape index (κ2) is 9.08. The number of hydrogen-bond donors (Lipinski definition) is 3. The minimum Gasteiger partial charge on any atom is -0.361 e. The van der Waals surface area contributed by atoms with Crippen LogP contribution in [-0.2, 0) is 16.0 Å². The smallest absolute Gasteiger partial charge is 0.220 e. The summed E-state index contributed by atoms with van der Waals surface area (Å²) in [6, 6.07) is 8.55. The van der Waals surface area contributed by atoms with Crippen molar-refractivity contribution in [1.29, 1.82) is 0 Å². The molecule has 192 valence electrons. The predicted molar refractivity (Wildman–Crippen MR) is 143 cm³/mol. The fraction of sp³-hybridized carbons (Fsp3) is 0.613. The summed E-state index contributed by atoms with van der Waals surface area (Å²) in [4.78, 5) is 28.3. The maximum atomic E-state index is 12.8. The van der Waals surface area contributed by atoms with Gasteiger partial charge >= 0.3 is 0 Å². The molecule has 1 aromatic carbocycles. The first kappa shape index (κ1) is 23.8. The van der Waals surface area contributed by atoms with Gasteiger partial charge in [-0.15, -0.1) is 0 Å². The first-order valence-electron chi connectivity index (χ1n) is 14.2. The molecule has 6 rings (SSSR count). The van der Waals surface area contributed by atoms with E-state index in [1.165, 1.54) is 29.3 Å². The highest BCUT2D eigenvalue weighted by Gasteiger charge is 2.56. The van der Waals surface area contributed by atoms with E-state index in [-0.39, 0.29) is 28.8 Å². The minimum absolute atomic E-state index is 0.00800. The lowest BCUT2D eigenvalue weighted by Gasteiger charge is -2.60. The molecule has 36 heavy (non-hydrogen) atoms. The zero-order valence-corrected chi connectivity index (χ0v) is 21.9. The lowest BCUT2D eigenvalue weighted by molar-refractivity contribution is -0.132. The van der Waals surface area contributed by atoms with Gasteiger partial charge in [-0.2, -0.15) is 0 Å². The number of fused-ring (bicyclic) bond motifs is 6. The zero-order chi connectivity index (χ0) is 24.9. The van der Waals surface area contributed by atoms with Crippen LogP contribution in [-0.4, -0.2) is 28.4 Å². The molecule has 5 nitrogen and oxygen atoms in total. The van der Waals surface area contributed by atoms with Crippen LogP contribution < -0.4 is 10.6 Å². The molecule has 3 fully saturated rings. The second-order valence-electron chi connectivity index (χ2n) is 12.5. The number of H-pyrrole nitrogens is 1. The van der Waals surface area contributed by atoms with Gasteiger partial charge in [0.1, 0.15) is 0 Å². The van der Waals surface area contributed by atoms with E-state index in [2.05, 4.69) is 59.9 Å². The lowest BCUT2D eigenvalue weighted by atomic mass is 9.47. The number of aromatic nitrogens is 1. The molecule has 2 saturated carbocycles. The zero-order valence-electron chi connectivity index (χ0n) is 21.9. The molecule has 4 aliphatic rings. The Hall–Kier alpha value is -2.56. The molecular formula is C31H41N3O2. The van der Waals surface area contributed by atoms with Crippen molar-refractivity contribution < 1.29 is 9.59 Å². The first-order valence-corrected chi connectivity index (χ1v) is 14.2. The summed E-state index contributed by atoms with van der Waals surface area (Å²) in [5, 5.41) is 7.98. The number of benzene rings is 1. The highest BCUT2D eigenvalue weighted by molar-refractivity contribution is 5.83. The highest BCUT2D eigenvalue weighted by Crippen LogP contribution is 2.61. The summed E-state index contributed by atoms with van der Waals surface area (Å²) in [5.41, 5.74) is 4.29. The molecule has 2 amide bonds. The summed E-state index contributed by atoms with van der Waals surface area (Å²) in [5.74, 6) is 2.45. The topological polar surface area (TPSA) is 74.0 Å². The number of aryl methyl sites for hydroxylation is 1. The summed E-state index contributed by atoms with van der Waals surface area (Å²) < 4.78 is 0. The Balaban J connectivity index is 1.06. The van der Waals surface area contributed by atoms with Crippen LogP contribution >= 0.6 is 0 Å². The number of allylic oxidation sites excluding steroid dienone is 1. The van der Waals surface area contributed by atoms with E-state index in [0.717, 1.165) is 44.9 Å². The molecule has 0 spiro atoms. The van der Waals surface area contributed by atoms with E-state index >= 15 is 0 Å². The van der Waals surface area contributed by atoms with Crippen LogP contribution in [0, 0.1) is 23.2 Å². The molecule has 6 atom stereocenters. The Morgan fingerprint density at radius 3 is 2.81 bits per heavy atom. The number of carbonyl (C=O) groups excluding carboxylic acids is 2. The number of nitrogens with one attached hydrogen (secondary N) is 3. The van der Waals surface area contributed by atoms with Crippen molar-refractivity contribution in [3.8, 4) is 0 Å². The molecule has 3 N–H and O–H groups in total. The molecular weight excluding hydrogens is 446 g/mol. The molecule has 1 aromatic heterocycles. The van der Waals surface area contributed by atoms with Gasteiger partial charge in [0.05, 0.1) is 0 Å². The van der Waals surface area contributed by atoms with Crippen LogP contribution in [0.3, 0.4) is 0 Å². The van der Waals surface area contributed by atoms with Crippen molar-refractivity contribution in [1.82, 2.24) is 15.6 Å². The van der Waals surface area contributed by atoms with E-state index in [1.807, 2.05) is 6.07 Å². The summed E-state index contributed by atoms with van der Waals surface area (Å²) >= 11 is 0. The van der Waals surface area contributed by atoms with Crippen LogP contribution in [0.25, 0.3) is 10.9 Å². The molecule has 0 unspecified atom stereocenters. The van der Waals surface area contributed by atoms with E-state index in [1.54, 1.807) is 5.57 Å². The largest absolute Gasteiger partial charge is 0.361 e. The minimum atomic E-state index is -0.00800. The Labute approximate surface area is 214 Å². The number of amides is 2. The summed E-state index contributed by atoms with van der Waals surface area (Å²) in [6.07, 6.45) is 15.5. The number of rotatable bonds is 5. The predicted octanol–water partition coefficient (Wildman–Crippen LogP) is 5.81. The van der Waals surface area contributed by atoms with Crippen molar-refractivity contribution in [3.05, 3.63) is 47.7 Å². The Morgan fingerprint density at radius 1 is 1.06 bits per heavy atom. The van der Waals surface area contributed by atoms with Gasteiger partial charge in [-0.3, -0.25) is 9.59 Å². The highest BCUT2D eigenvalue weighted by atomic mass is 16.2. The van der Waals surface area contributed by atoms with Gasteiger partial charge in [-0.1, -0.05) is 36.8 Å². The number of carbonyl (C=O) groups is 2. The van der Waals surface area contributed by atoms with Crippen LogP contribution in [0.2, 0.25) is 0 Å². The molecule has 1 aliphatic heterocycles. The molecule has 5 heteroatoms. The fourth-order valence-corrected chi connectivity index (χ4v) is 8.57. The molecule has 3 aliphatic carbocycles. The van der Waals surface area contributed by atoms with Gasteiger partial charge < -0.3 is 15.6 Å². The Bertz CT molecular complexity index is 1200. The van der Waals surface area contributed by atoms with Gasteiger partial charge in [-0.05, 0) is 99.5 Å². The van der Waals surface area contributed by atoms with E-state index in [4.69, 9.17) is 0 Å². The van der Waals surface area contributed by atoms with E-state index in [9.17, 15) is 9.59 Å². The van der Waals surface area contributed by atoms with Gasteiger partial charge in [0.15, 0.2) is 0 Å². The van der Waals surface area contributed by atoms with Crippen LogP contribution in [0.4, 0.5) is 0 Å². The SMILES string of the molecule is C[C@]12CC[C@H](NC(=O)CCCc3c[nH]c4ccccc34)C=C1CC[C@@H]1[C@@H]2CC[C@]2(C)NC(=O)CC[C@@H]12. The molecule has 2 aromatic rings. The average Bonchev–Trinajstić information content (AvgIpc) is 3.26. The monoisotopic (exact) mass is 487 g/mol. The second-order valence-corrected chi connectivity index (χ2v) is 12.5. The maximum absolute atomic E-state index is 12.8. The van der Waals surface area contributed by atoms with Gasteiger partial charge in [0, 0.05) is 41.5 Å². The van der Waals surface area contributed by atoms with Gasteiger partial charge in [0.2, 0.25) is 11.8 Å². The average molecular weight is 488 g/mol. The van der Waals surface area contributed by atoms with Gasteiger partial charge in [0.25, 0.3) is 0 Å². The first-order chi connectivity index (χ1) is 17.4. The third kappa shape index (κ3) is 4.09. The van der Waals surface area contributed by atoms with E-state index in [0.29, 0.717) is 30.6 Å². The molecule has 0 bridgehead atoms. The van der Waals surface area contributed by atoms with Crippen molar-refractivity contribution in [3.63, 3.8) is 0 Å². The number of aromatic amines is 1. The maximum Gasteiger partial charge on any atom is 0.220 e. The standard InChI is InChI=1S/C31H41N3O2/c1-30-16-14-22(33-28(35)9-5-6-20-19-32-27-8-4-3-7-23(20)27)18-21(30)10-11-24-25(30)15-17-31(2)26(24)12-13-29(36)34-31/h3-4,7-8,18-19,22,24-26,32H,5-6,9-17H2,1-2H3,(H,33,35)(H,34,36)/t22-,24+,25-,26-,30-,31-/m0/s1. The summed E-state index contributed by atoms with van der Waals surface area (Å²) in [6.45, 7) is 4.79. The van der Waals surface area contributed by atoms with Crippen molar-refractivity contribution in [2.75, 3.05) is 0 Å². The molecule has 1 saturated heterocycles. The summed E-state index contributed by atoms with van der Waals surface area (Å²) in [7, 11) is 0. The third-order valence-corrected chi connectivity index (χ3v) is 10.5. The molecule has 0 radical (unpaired) electrons. The third-order valence-electron chi connectivity index (χ3n) is 10.5. The van der Waals surface area contributed by atoms with Crippen LogP contribution in [0.5, 0.6) is 0 Å². The number of para-hydroxylation sites is 1. The van der Waals surface area contributed by atoms with Crippen molar-refractivity contribution in [2.24, 2.45) is 23.2 Å². The number of hydrogen-bond acceptors (Lipinski definition) is 2. The van der Waals surface area contributed by atoms with Crippen LogP contribution in [0.15, 0.2) is 42.1 Å². The lowest BCUT2D eigenvalue weighted by Crippen LogP contribution is -2.62. The Kier molecular flexibility index (Phi) is 6.00. The normalized spacial score (nSPS) is 35.7. The number of piperidine rings is 1. The Morgan fingerprint density at radius 2 is 1.92 bits per heavy atom. The van der Waals surface area contributed by atoms with E-state index < -0.39 is 0 Å². The fourth-order valence-electron chi connectivity index (χ4n) is 8.57. The van der Waals surface area contributed by atoms with Crippen LogP contribution in [0.1, 0.15) is 83.6 Å². The van der Waals surface area contributed by atoms with Gasteiger partial charge in [-0.25, -0.2) is 0 Å². The molecule has 2 heterocycles.